The fourth-order valence-corrected chi connectivity index (χ4v) is 3.51. The average Bonchev–Trinajstić information content (AvgIpc) is 3.30. The van der Waals surface area contributed by atoms with Gasteiger partial charge in [-0.15, -0.1) is 11.3 Å². The predicted molar refractivity (Wildman–Crippen MR) is 103 cm³/mol. The second kappa shape index (κ2) is 7.24. The fourth-order valence-electron chi connectivity index (χ4n) is 2.69. The minimum absolute atomic E-state index is 0.259. The van der Waals surface area contributed by atoms with E-state index in [-0.39, 0.29) is 6.54 Å². The van der Waals surface area contributed by atoms with Crippen LogP contribution in [0.3, 0.4) is 0 Å². The maximum Gasteiger partial charge on any atom is 0.442 e. The van der Waals surface area contributed by atoms with Crippen molar-refractivity contribution in [2.24, 2.45) is 0 Å². The zero-order chi connectivity index (χ0) is 18.8. The third-order valence-corrected chi connectivity index (χ3v) is 5.11. The van der Waals surface area contributed by atoms with E-state index in [9.17, 15) is 4.79 Å². The molecule has 0 saturated heterocycles. The molecule has 0 bridgehead atoms. The van der Waals surface area contributed by atoms with Crippen LogP contribution in [0.1, 0.15) is 31.0 Å². The third-order valence-electron chi connectivity index (χ3n) is 4.17. The van der Waals surface area contributed by atoms with Crippen molar-refractivity contribution in [3.8, 4) is 22.1 Å². The Bertz CT molecular complexity index is 1100. The second-order valence-corrected chi connectivity index (χ2v) is 7.23. The summed E-state index contributed by atoms with van der Waals surface area (Å²) in [4.78, 5) is 24.9. The lowest BCUT2D eigenvalue weighted by molar-refractivity contribution is 0.378. The number of nitrogens with zero attached hydrogens (tertiary/aromatic N) is 5. The average molecular weight is 379 g/mol. The lowest BCUT2D eigenvalue weighted by atomic mass is 10.0. The lowest BCUT2D eigenvalue weighted by Gasteiger charge is -2.05. The molecule has 0 spiro atoms. The van der Waals surface area contributed by atoms with E-state index in [1.807, 2.05) is 5.38 Å². The highest BCUT2D eigenvalue weighted by molar-refractivity contribution is 7.13. The summed E-state index contributed by atoms with van der Waals surface area (Å²) >= 11 is 1.54. The summed E-state index contributed by atoms with van der Waals surface area (Å²) in [6.07, 6.45) is 4.64. The molecular formula is C19H17N5O2S. The van der Waals surface area contributed by atoms with Crippen LogP contribution in [0.5, 0.6) is 0 Å². The molecule has 136 valence electrons. The molecule has 0 fully saturated rings. The molecule has 0 atom stereocenters. The molecule has 0 amide bonds. The summed E-state index contributed by atoms with van der Waals surface area (Å²) in [5.74, 6) is 0.279. The Labute approximate surface area is 159 Å². The largest absolute Gasteiger partial charge is 0.442 e. The smallest absolute Gasteiger partial charge is 0.295 e. The van der Waals surface area contributed by atoms with Crippen LogP contribution in [0, 0.1) is 0 Å². The van der Waals surface area contributed by atoms with Gasteiger partial charge in [0, 0.05) is 23.3 Å². The molecule has 0 aliphatic heterocycles. The van der Waals surface area contributed by atoms with Gasteiger partial charge < -0.3 is 0 Å². The first kappa shape index (κ1) is 17.3. The molecule has 27 heavy (non-hydrogen) atoms. The standard InChI is InChI=1S/C19H17N5O2S/c1-12(2)13-3-5-14(6-4-13)18-22-15(11-27-18)10-24-17(23-26-19(24)25)16-9-20-7-8-21-16/h3-9,11-12H,10H2,1-2H3. The van der Waals surface area contributed by atoms with Gasteiger partial charge in [0.15, 0.2) is 0 Å². The quantitative estimate of drug-likeness (QED) is 0.527. The monoisotopic (exact) mass is 379 g/mol. The molecule has 7 nitrogen and oxygen atoms in total. The van der Waals surface area contributed by atoms with Gasteiger partial charge in [0.2, 0.25) is 5.82 Å². The molecule has 4 rings (SSSR count). The number of rotatable bonds is 5. The molecule has 0 aliphatic carbocycles. The van der Waals surface area contributed by atoms with Crippen LogP contribution in [0.2, 0.25) is 0 Å². The van der Waals surface area contributed by atoms with Crippen LogP contribution in [-0.4, -0.2) is 24.7 Å². The molecule has 3 heterocycles. The SMILES string of the molecule is CC(C)c1ccc(-c2nc(Cn3c(-c4cnccn4)noc3=O)cs2)cc1. The van der Waals surface area contributed by atoms with E-state index in [1.54, 1.807) is 23.7 Å². The summed E-state index contributed by atoms with van der Waals surface area (Å²) in [5, 5.41) is 6.67. The van der Waals surface area contributed by atoms with Crippen molar-refractivity contribution in [1.82, 2.24) is 24.7 Å². The van der Waals surface area contributed by atoms with E-state index < -0.39 is 5.76 Å². The Morgan fingerprint density at radius 3 is 2.70 bits per heavy atom. The molecule has 8 heteroatoms. The number of thiazole rings is 1. The molecule has 0 aliphatic rings. The van der Waals surface area contributed by atoms with Gasteiger partial charge in [-0.2, -0.15) is 0 Å². The Morgan fingerprint density at radius 2 is 2.00 bits per heavy atom. The molecule has 0 saturated carbocycles. The Balaban J connectivity index is 1.61. The highest BCUT2D eigenvalue weighted by atomic mass is 32.1. The van der Waals surface area contributed by atoms with Gasteiger partial charge in [0.05, 0.1) is 18.4 Å². The molecule has 0 N–H and O–H groups in total. The molecule has 0 unspecified atom stereocenters. The van der Waals surface area contributed by atoms with Crippen LogP contribution in [0.4, 0.5) is 0 Å². The van der Waals surface area contributed by atoms with Crippen LogP contribution in [0.15, 0.2) is 57.6 Å². The van der Waals surface area contributed by atoms with Gasteiger partial charge in [-0.05, 0) is 11.5 Å². The minimum atomic E-state index is -0.550. The predicted octanol–water partition coefficient (Wildman–Crippen LogP) is 3.59. The van der Waals surface area contributed by atoms with Gasteiger partial charge in [-0.3, -0.25) is 9.51 Å². The molecular weight excluding hydrogens is 362 g/mol. The van der Waals surface area contributed by atoms with Crippen molar-refractivity contribution < 1.29 is 4.52 Å². The van der Waals surface area contributed by atoms with E-state index in [4.69, 9.17) is 4.52 Å². The van der Waals surface area contributed by atoms with E-state index in [2.05, 4.69) is 58.2 Å². The van der Waals surface area contributed by atoms with Crippen LogP contribution in [0.25, 0.3) is 22.1 Å². The van der Waals surface area contributed by atoms with Gasteiger partial charge in [-0.1, -0.05) is 43.3 Å². The first-order valence-corrected chi connectivity index (χ1v) is 9.37. The van der Waals surface area contributed by atoms with Crippen LogP contribution >= 0.6 is 11.3 Å². The summed E-state index contributed by atoms with van der Waals surface area (Å²) in [7, 11) is 0. The van der Waals surface area contributed by atoms with E-state index in [0.29, 0.717) is 17.4 Å². The number of hydrogen-bond donors (Lipinski definition) is 0. The lowest BCUT2D eigenvalue weighted by Crippen LogP contribution is -2.16. The number of hydrogen-bond acceptors (Lipinski definition) is 7. The Morgan fingerprint density at radius 1 is 1.19 bits per heavy atom. The van der Waals surface area contributed by atoms with E-state index >= 15 is 0 Å². The van der Waals surface area contributed by atoms with E-state index in [1.165, 1.54) is 16.3 Å². The third kappa shape index (κ3) is 3.56. The van der Waals surface area contributed by atoms with Crippen molar-refractivity contribution >= 4 is 11.3 Å². The highest BCUT2D eigenvalue weighted by Crippen LogP contribution is 2.26. The van der Waals surface area contributed by atoms with Gasteiger partial charge in [-0.25, -0.2) is 19.3 Å². The summed E-state index contributed by atoms with van der Waals surface area (Å²) in [6.45, 7) is 4.60. The number of aromatic nitrogens is 5. The van der Waals surface area contributed by atoms with Crippen LogP contribution < -0.4 is 5.76 Å². The van der Waals surface area contributed by atoms with Crippen molar-refractivity contribution in [2.45, 2.75) is 26.3 Å². The van der Waals surface area contributed by atoms with E-state index in [0.717, 1.165) is 16.3 Å². The minimum Gasteiger partial charge on any atom is -0.295 e. The number of benzene rings is 1. The van der Waals surface area contributed by atoms with Gasteiger partial charge in [0.25, 0.3) is 0 Å². The van der Waals surface area contributed by atoms with Crippen molar-refractivity contribution in [3.05, 3.63) is 70.0 Å². The Kier molecular flexibility index (Phi) is 4.64. The molecule has 4 aromatic rings. The molecule has 1 aromatic carbocycles. The zero-order valence-corrected chi connectivity index (χ0v) is 15.7. The van der Waals surface area contributed by atoms with Gasteiger partial charge in [0.1, 0.15) is 10.7 Å². The summed E-state index contributed by atoms with van der Waals surface area (Å²) in [5.41, 5.74) is 3.59. The Hall–Kier alpha value is -3.13. The summed E-state index contributed by atoms with van der Waals surface area (Å²) in [6, 6.07) is 8.40. The van der Waals surface area contributed by atoms with Crippen LogP contribution in [-0.2, 0) is 6.54 Å². The highest BCUT2D eigenvalue weighted by Gasteiger charge is 2.16. The second-order valence-electron chi connectivity index (χ2n) is 6.37. The van der Waals surface area contributed by atoms with Crippen molar-refractivity contribution in [3.63, 3.8) is 0 Å². The first-order valence-electron chi connectivity index (χ1n) is 8.49. The normalized spacial score (nSPS) is 11.2. The zero-order valence-electron chi connectivity index (χ0n) is 14.9. The summed E-state index contributed by atoms with van der Waals surface area (Å²) < 4.78 is 6.22. The molecule has 3 aromatic heterocycles. The van der Waals surface area contributed by atoms with Gasteiger partial charge >= 0.3 is 5.76 Å². The maximum absolute atomic E-state index is 12.1. The van der Waals surface area contributed by atoms with Crippen molar-refractivity contribution in [1.29, 1.82) is 0 Å². The fraction of sp³-hybridized carbons (Fsp3) is 0.211. The maximum atomic E-state index is 12.1. The topological polar surface area (TPSA) is 86.7 Å². The first-order chi connectivity index (χ1) is 13.1. The van der Waals surface area contributed by atoms with Crippen molar-refractivity contribution in [2.75, 3.05) is 0 Å². The molecule has 0 radical (unpaired) electrons.